The standard InChI is InChI=1S/C13H11BrN2O3/c1-19-12-5-2-8(14)6-11(12)16-9-3-4-10(13(17)18)15-7-9/h2-7,16H,1H3,(H,17,18). The van der Waals surface area contributed by atoms with E-state index < -0.39 is 5.97 Å². The van der Waals surface area contributed by atoms with Crippen LogP contribution < -0.4 is 10.1 Å². The topological polar surface area (TPSA) is 71.5 Å². The highest BCUT2D eigenvalue weighted by atomic mass is 79.9. The van der Waals surface area contributed by atoms with Gasteiger partial charge in [0.05, 0.1) is 24.7 Å². The molecular formula is C13H11BrN2O3. The number of ether oxygens (including phenoxy) is 1. The number of carboxylic acids is 1. The van der Waals surface area contributed by atoms with Crippen molar-refractivity contribution in [1.29, 1.82) is 0 Å². The SMILES string of the molecule is COc1ccc(Br)cc1Nc1ccc(C(=O)O)nc1. The third-order valence-electron chi connectivity index (χ3n) is 2.42. The molecule has 0 amide bonds. The summed E-state index contributed by atoms with van der Waals surface area (Å²) in [7, 11) is 1.58. The van der Waals surface area contributed by atoms with E-state index in [9.17, 15) is 4.79 Å². The summed E-state index contributed by atoms with van der Waals surface area (Å²) >= 11 is 3.38. The monoisotopic (exact) mass is 322 g/mol. The number of halogens is 1. The van der Waals surface area contributed by atoms with Crippen LogP contribution in [0.4, 0.5) is 11.4 Å². The van der Waals surface area contributed by atoms with E-state index in [-0.39, 0.29) is 5.69 Å². The van der Waals surface area contributed by atoms with Crippen molar-refractivity contribution in [3.05, 3.63) is 46.7 Å². The predicted octanol–water partition coefficient (Wildman–Crippen LogP) is 3.29. The van der Waals surface area contributed by atoms with Crippen LogP contribution in [-0.2, 0) is 0 Å². The van der Waals surface area contributed by atoms with Crippen LogP contribution in [0.15, 0.2) is 41.0 Å². The van der Waals surface area contributed by atoms with Gasteiger partial charge in [0.2, 0.25) is 0 Å². The van der Waals surface area contributed by atoms with Crippen LogP contribution in [0.5, 0.6) is 5.75 Å². The van der Waals surface area contributed by atoms with Gasteiger partial charge >= 0.3 is 5.97 Å². The van der Waals surface area contributed by atoms with Gasteiger partial charge in [-0.05, 0) is 30.3 Å². The minimum Gasteiger partial charge on any atom is -0.495 e. The van der Waals surface area contributed by atoms with Crippen molar-refractivity contribution in [2.75, 3.05) is 12.4 Å². The van der Waals surface area contributed by atoms with Crippen molar-refractivity contribution in [2.24, 2.45) is 0 Å². The van der Waals surface area contributed by atoms with Crippen molar-refractivity contribution in [2.45, 2.75) is 0 Å². The Morgan fingerprint density at radius 2 is 2.16 bits per heavy atom. The Morgan fingerprint density at radius 1 is 1.37 bits per heavy atom. The fraction of sp³-hybridized carbons (Fsp3) is 0.0769. The summed E-state index contributed by atoms with van der Waals surface area (Å²) < 4.78 is 6.14. The van der Waals surface area contributed by atoms with Gasteiger partial charge in [-0.1, -0.05) is 15.9 Å². The number of aromatic nitrogens is 1. The molecule has 6 heteroatoms. The summed E-state index contributed by atoms with van der Waals surface area (Å²) in [5, 5.41) is 11.9. The molecule has 0 bridgehead atoms. The number of carbonyl (C=O) groups is 1. The second kappa shape index (κ2) is 5.71. The van der Waals surface area contributed by atoms with Crippen LogP contribution in [0.2, 0.25) is 0 Å². The van der Waals surface area contributed by atoms with Gasteiger partial charge < -0.3 is 15.2 Å². The van der Waals surface area contributed by atoms with Gasteiger partial charge in [0.25, 0.3) is 0 Å². The smallest absolute Gasteiger partial charge is 0.354 e. The van der Waals surface area contributed by atoms with Gasteiger partial charge in [-0.25, -0.2) is 9.78 Å². The lowest BCUT2D eigenvalue weighted by Crippen LogP contribution is -2.01. The molecule has 0 atom stereocenters. The predicted molar refractivity (Wildman–Crippen MR) is 75.2 cm³/mol. The number of nitrogens with zero attached hydrogens (tertiary/aromatic N) is 1. The van der Waals surface area contributed by atoms with Crippen LogP contribution in [0, 0.1) is 0 Å². The number of methoxy groups -OCH3 is 1. The lowest BCUT2D eigenvalue weighted by Gasteiger charge is -2.11. The molecule has 0 aliphatic carbocycles. The molecule has 0 saturated heterocycles. The number of aromatic carboxylic acids is 1. The number of nitrogens with one attached hydrogen (secondary N) is 1. The fourth-order valence-electron chi connectivity index (χ4n) is 1.53. The van der Waals surface area contributed by atoms with E-state index in [4.69, 9.17) is 9.84 Å². The van der Waals surface area contributed by atoms with Crippen molar-refractivity contribution in [1.82, 2.24) is 4.98 Å². The Kier molecular flexibility index (Phi) is 4.01. The third-order valence-corrected chi connectivity index (χ3v) is 2.92. The molecular weight excluding hydrogens is 312 g/mol. The normalized spacial score (nSPS) is 10.0. The highest BCUT2D eigenvalue weighted by Crippen LogP contribution is 2.30. The Balaban J connectivity index is 2.25. The maximum Gasteiger partial charge on any atom is 0.354 e. The van der Waals surface area contributed by atoms with Crippen LogP contribution >= 0.6 is 15.9 Å². The Labute approximate surface area is 118 Å². The van der Waals surface area contributed by atoms with E-state index in [2.05, 4.69) is 26.2 Å². The van der Waals surface area contributed by atoms with Crippen LogP contribution in [0.3, 0.4) is 0 Å². The van der Waals surface area contributed by atoms with Gasteiger partial charge in [0.15, 0.2) is 0 Å². The second-order valence-corrected chi connectivity index (χ2v) is 4.62. The minimum atomic E-state index is -1.05. The molecule has 1 heterocycles. The number of carboxylic acid groups (broad SMARTS) is 1. The molecule has 98 valence electrons. The van der Waals surface area contributed by atoms with Gasteiger partial charge in [0, 0.05) is 4.47 Å². The van der Waals surface area contributed by atoms with Gasteiger partial charge in [0.1, 0.15) is 11.4 Å². The molecule has 2 rings (SSSR count). The van der Waals surface area contributed by atoms with Crippen LogP contribution in [0.25, 0.3) is 0 Å². The summed E-state index contributed by atoms with van der Waals surface area (Å²) in [4.78, 5) is 14.5. The van der Waals surface area contributed by atoms with Gasteiger partial charge in [-0.2, -0.15) is 0 Å². The highest BCUT2D eigenvalue weighted by molar-refractivity contribution is 9.10. The highest BCUT2D eigenvalue weighted by Gasteiger charge is 2.06. The largest absolute Gasteiger partial charge is 0.495 e. The number of benzene rings is 1. The molecule has 0 aliphatic rings. The molecule has 19 heavy (non-hydrogen) atoms. The average Bonchev–Trinajstić information content (AvgIpc) is 2.39. The summed E-state index contributed by atoms with van der Waals surface area (Å²) in [6, 6.07) is 8.65. The summed E-state index contributed by atoms with van der Waals surface area (Å²) in [6.07, 6.45) is 1.46. The summed E-state index contributed by atoms with van der Waals surface area (Å²) in [5.74, 6) is -0.364. The van der Waals surface area contributed by atoms with E-state index >= 15 is 0 Å². The maximum absolute atomic E-state index is 10.7. The fourth-order valence-corrected chi connectivity index (χ4v) is 1.89. The number of anilines is 2. The van der Waals surface area contributed by atoms with E-state index in [0.717, 1.165) is 10.2 Å². The Bertz CT molecular complexity index is 599. The zero-order valence-electron chi connectivity index (χ0n) is 10.1. The van der Waals surface area contributed by atoms with Crippen molar-refractivity contribution in [3.8, 4) is 5.75 Å². The zero-order chi connectivity index (χ0) is 13.8. The molecule has 0 spiro atoms. The molecule has 0 aliphatic heterocycles. The first kappa shape index (κ1) is 13.4. The molecule has 5 nitrogen and oxygen atoms in total. The van der Waals surface area contributed by atoms with Crippen molar-refractivity contribution < 1.29 is 14.6 Å². The first-order chi connectivity index (χ1) is 9.10. The number of hydrogen-bond donors (Lipinski definition) is 2. The maximum atomic E-state index is 10.7. The molecule has 1 aromatic heterocycles. The zero-order valence-corrected chi connectivity index (χ0v) is 11.6. The number of pyridine rings is 1. The molecule has 0 saturated carbocycles. The molecule has 2 N–H and O–H groups in total. The molecule has 1 aromatic carbocycles. The van der Waals surface area contributed by atoms with Crippen LogP contribution in [0.1, 0.15) is 10.5 Å². The molecule has 0 fully saturated rings. The average molecular weight is 323 g/mol. The van der Waals surface area contributed by atoms with Crippen molar-refractivity contribution in [3.63, 3.8) is 0 Å². The van der Waals surface area contributed by atoms with E-state index in [1.165, 1.54) is 12.3 Å². The van der Waals surface area contributed by atoms with E-state index in [1.807, 2.05) is 18.2 Å². The second-order valence-electron chi connectivity index (χ2n) is 3.71. The quantitative estimate of drug-likeness (QED) is 0.903. The van der Waals surface area contributed by atoms with E-state index in [0.29, 0.717) is 11.4 Å². The van der Waals surface area contributed by atoms with Crippen LogP contribution in [-0.4, -0.2) is 23.2 Å². The molecule has 0 radical (unpaired) electrons. The molecule has 0 unspecified atom stereocenters. The van der Waals surface area contributed by atoms with Gasteiger partial charge in [-0.15, -0.1) is 0 Å². The first-order valence-corrected chi connectivity index (χ1v) is 6.19. The third kappa shape index (κ3) is 3.23. The Morgan fingerprint density at radius 3 is 2.74 bits per heavy atom. The summed E-state index contributed by atoms with van der Waals surface area (Å²) in [6.45, 7) is 0. The van der Waals surface area contributed by atoms with Crippen molar-refractivity contribution >= 4 is 33.3 Å². The number of hydrogen-bond acceptors (Lipinski definition) is 4. The Hall–Kier alpha value is -2.08. The lowest BCUT2D eigenvalue weighted by molar-refractivity contribution is 0.0690. The lowest BCUT2D eigenvalue weighted by atomic mass is 10.2. The first-order valence-electron chi connectivity index (χ1n) is 5.40. The number of rotatable bonds is 4. The van der Waals surface area contributed by atoms with Gasteiger partial charge in [-0.3, -0.25) is 0 Å². The van der Waals surface area contributed by atoms with E-state index in [1.54, 1.807) is 13.2 Å². The minimum absolute atomic E-state index is 0.00626. The molecule has 2 aromatic rings. The summed E-state index contributed by atoms with van der Waals surface area (Å²) in [5.41, 5.74) is 1.45.